The Balaban J connectivity index is 2.21. The van der Waals surface area contributed by atoms with Gasteiger partial charge in [0.15, 0.2) is 5.82 Å². The topological polar surface area (TPSA) is 101 Å². The van der Waals surface area contributed by atoms with Gasteiger partial charge in [-0.25, -0.2) is 4.79 Å². The van der Waals surface area contributed by atoms with E-state index in [0.29, 0.717) is 6.54 Å². The van der Waals surface area contributed by atoms with Gasteiger partial charge in [0.25, 0.3) is 0 Å². The molecule has 18 heavy (non-hydrogen) atoms. The van der Waals surface area contributed by atoms with Crippen LogP contribution in [-0.2, 0) is 6.54 Å². The lowest BCUT2D eigenvalue weighted by molar-refractivity contribution is -0.384. The molecule has 92 valence electrons. The number of nitrogens with one attached hydrogen (secondary N) is 2. The molecule has 0 aliphatic rings. The van der Waals surface area contributed by atoms with Gasteiger partial charge in [-0.2, -0.15) is 4.98 Å². The molecular formula is C11H10N4O3. The van der Waals surface area contributed by atoms with Crippen molar-refractivity contribution in [1.82, 2.24) is 9.97 Å². The first-order chi connectivity index (χ1) is 8.66. The molecule has 0 bridgehead atoms. The number of hydrogen-bond acceptors (Lipinski definition) is 5. The van der Waals surface area contributed by atoms with Crippen molar-refractivity contribution in [3.05, 3.63) is 62.7 Å². The van der Waals surface area contributed by atoms with E-state index in [4.69, 9.17) is 0 Å². The molecular weight excluding hydrogens is 236 g/mol. The van der Waals surface area contributed by atoms with Gasteiger partial charge in [-0.1, -0.05) is 30.3 Å². The minimum Gasteiger partial charge on any atom is -0.362 e. The molecule has 0 spiro atoms. The molecule has 2 aromatic rings. The summed E-state index contributed by atoms with van der Waals surface area (Å²) in [6.45, 7) is 0.377. The number of benzene rings is 1. The van der Waals surface area contributed by atoms with E-state index in [9.17, 15) is 14.9 Å². The van der Waals surface area contributed by atoms with E-state index in [0.717, 1.165) is 11.8 Å². The molecule has 0 saturated heterocycles. The third-order valence-corrected chi connectivity index (χ3v) is 2.30. The normalized spacial score (nSPS) is 10.0. The lowest BCUT2D eigenvalue weighted by Gasteiger charge is -2.05. The highest BCUT2D eigenvalue weighted by atomic mass is 16.6. The third kappa shape index (κ3) is 2.70. The van der Waals surface area contributed by atoms with E-state index >= 15 is 0 Å². The van der Waals surface area contributed by atoms with Gasteiger partial charge >= 0.3 is 11.4 Å². The van der Waals surface area contributed by atoms with E-state index < -0.39 is 10.6 Å². The van der Waals surface area contributed by atoms with E-state index in [1.54, 1.807) is 0 Å². The van der Waals surface area contributed by atoms with Crippen LogP contribution in [0.5, 0.6) is 0 Å². The minimum absolute atomic E-state index is 0.0591. The van der Waals surface area contributed by atoms with Gasteiger partial charge in [0.1, 0.15) is 6.20 Å². The fraction of sp³-hybridized carbons (Fsp3) is 0.0909. The molecule has 0 atom stereocenters. The van der Waals surface area contributed by atoms with Crippen LogP contribution in [0, 0.1) is 10.1 Å². The standard InChI is InChI=1S/C11H10N4O3/c16-11-13-7-9(15(17)18)10(14-11)12-6-8-4-2-1-3-5-8/h1-5,7H,6H2,(H2,12,13,14,16). The van der Waals surface area contributed by atoms with Crippen molar-refractivity contribution in [3.63, 3.8) is 0 Å². The fourth-order valence-corrected chi connectivity index (χ4v) is 1.45. The average Bonchev–Trinajstić information content (AvgIpc) is 2.37. The molecule has 2 rings (SSSR count). The molecule has 0 fully saturated rings. The summed E-state index contributed by atoms with van der Waals surface area (Å²) >= 11 is 0. The van der Waals surface area contributed by atoms with Crippen LogP contribution < -0.4 is 11.0 Å². The van der Waals surface area contributed by atoms with Crippen molar-refractivity contribution in [2.24, 2.45) is 0 Å². The zero-order valence-electron chi connectivity index (χ0n) is 9.29. The van der Waals surface area contributed by atoms with E-state index in [1.807, 2.05) is 30.3 Å². The molecule has 7 heteroatoms. The first-order valence-electron chi connectivity index (χ1n) is 5.18. The molecule has 0 unspecified atom stereocenters. The predicted molar refractivity (Wildman–Crippen MR) is 65.3 cm³/mol. The number of aromatic amines is 1. The van der Waals surface area contributed by atoms with Gasteiger partial charge in [-0.3, -0.25) is 15.1 Å². The second-order valence-corrected chi connectivity index (χ2v) is 3.54. The number of rotatable bonds is 4. The first-order valence-corrected chi connectivity index (χ1v) is 5.18. The Morgan fingerprint density at radius 1 is 1.33 bits per heavy atom. The second-order valence-electron chi connectivity index (χ2n) is 3.54. The van der Waals surface area contributed by atoms with Crippen LogP contribution in [0.4, 0.5) is 11.5 Å². The summed E-state index contributed by atoms with van der Waals surface area (Å²) in [5.41, 5.74) is 0.0613. The van der Waals surface area contributed by atoms with Gasteiger partial charge in [-0.05, 0) is 5.56 Å². The summed E-state index contributed by atoms with van der Waals surface area (Å²) in [5.74, 6) is 0.0591. The van der Waals surface area contributed by atoms with Crippen molar-refractivity contribution >= 4 is 11.5 Å². The van der Waals surface area contributed by atoms with Crippen LogP contribution >= 0.6 is 0 Å². The van der Waals surface area contributed by atoms with Crippen LogP contribution in [0.2, 0.25) is 0 Å². The maximum Gasteiger partial charge on any atom is 0.346 e. The number of aromatic nitrogens is 2. The summed E-state index contributed by atoms with van der Waals surface area (Å²) in [7, 11) is 0. The van der Waals surface area contributed by atoms with Crippen LogP contribution in [-0.4, -0.2) is 14.9 Å². The van der Waals surface area contributed by atoms with Gasteiger partial charge in [0.05, 0.1) is 4.92 Å². The number of hydrogen-bond donors (Lipinski definition) is 2. The summed E-state index contributed by atoms with van der Waals surface area (Å²) in [5, 5.41) is 13.6. The lowest BCUT2D eigenvalue weighted by atomic mass is 10.2. The fourth-order valence-electron chi connectivity index (χ4n) is 1.45. The van der Waals surface area contributed by atoms with E-state index in [1.165, 1.54) is 0 Å². The van der Waals surface area contributed by atoms with Crippen molar-refractivity contribution in [3.8, 4) is 0 Å². The Morgan fingerprint density at radius 3 is 2.72 bits per heavy atom. The van der Waals surface area contributed by atoms with Crippen LogP contribution in [0.1, 0.15) is 5.56 Å². The quantitative estimate of drug-likeness (QED) is 0.625. The molecule has 2 N–H and O–H groups in total. The van der Waals surface area contributed by atoms with Crippen LogP contribution in [0.3, 0.4) is 0 Å². The lowest BCUT2D eigenvalue weighted by Crippen LogP contribution is -2.15. The van der Waals surface area contributed by atoms with Crippen molar-refractivity contribution in [2.75, 3.05) is 5.32 Å². The minimum atomic E-state index is -0.629. The summed E-state index contributed by atoms with van der Waals surface area (Å²) < 4.78 is 0. The Bertz CT molecular complexity index is 609. The van der Waals surface area contributed by atoms with Gasteiger partial charge in [0, 0.05) is 6.54 Å². The molecule has 1 aromatic heterocycles. The van der Waals surface area contributed by atoms with Gasteiger partial charge < -0.3 is 5.32 Å². The number of nitro groups is 1. The molecule has 1 heterocycles. The number of nitrogens with zero attached hydrogens (tertiary/aromatic N) is 2. The predicted octanol–water partition coefficient (Wildman–Crippen LogP) is 1.29. The zero-order chi connectivity index (χ0) is 13.0. The highest BCUT2D eigenvalue weighted by molar-refractivity contribution is 5.53. The Morgan fingerprint density at radius 2 is 2.06 bits per heavy atom. The highest BCUT2D eigenvalue weighted by Crippen LogP contribution is 2.18. The van der Waals surface area contributed by atoms with Crippen LogP contribution in [0.25, 0.3) is 0 Å². The SMILES string of the molecule is O=c1ncc([N+](=O)[O-])c(NCc2ccccc2)[nH]1. The smallest absolute Gasteiger partial charge is 0.346 e. The molecule has 0 saturated carbocycles. The van der Waals surface area contributed by atoms with Crippen LogP contribution in [0.15, 0.2) is 41.3 Å². The molecule has 0 aliphatic carbocycles. The molecule has 0 aliphatic heterocycles. The summed E-state index contributed by atoms with van der Waals surface area (Å²) in [6, 6.07) is 9.35. The summed E-state index contributed by atoms with van der Waals surface area (Å²) in [4.78, 5) is 26.8. The highest BCUT2D eigenvalue weighted by Gasteiger charge is 2.14. The molecule has 0 amide bonds. The first kappa shape index (κ1) is 11.8. The maximum atomic E-state index is 11.0. The second kappa shape index (κ2) is 5.09. The Kier molecular flexibility index (Phi) is 3.33. The Hall–Kier alpha value is -2.70. The molecule has 7 nitrogen and oxygen atoms in total. The third-order valence-electron chi connectivity index (χ3n) is 2.30. The van der Waals surface area contributed by atoms with Gasteiger partial charge in [-0.15, -0.1) is 0 Å². The van der Waals surface area contributed by atoms with E-state index in [-0.39, 0.29) is 11.5 Å². The van der Waals surface area contributed by atoms with Crippen molar-refractivity contribution in [1.29, 1.82) is 0 Å². The Labute approximate surface area is 102 Å². The van der Waals surface area contributed by atoms with Gasteiger partial charge in [0.2, 0.25) is 0 Å². The number of H-pyrrole nitrogens is 1. The summed E-state index contributed by atoms with van der Waals surface area (Å²) in [6.07, 6.45) is 0.937. The monoisotopic (exact) mass is 246 g/mol. The zero-order valence-corrected chi connectivity index (χ0v) is 9.29. The maximum absolute atomic E-state index is 11.0. The number of anilines is 1. The van der Waals surface area contributed by atoms with Crippen molar-refractivity contribution in [2.45, 2.75) is 6.54 Å². The largest absolute Gasteiger partial charge is 0.362 e. The van der Waals surface area contributed by atoms with Crippen molar-refractivity contribution < 1.29 is 4.92 Å². The average molecular weight is 246 g/mol. The molecule has 1 aromatic carbocycles. The van der Waals surface area contributed by atoms with E-state index in [2.05, 4.69) is 15.3 Å². The molecule has 0 radical (unpaired) electrons.